The van der Waals surface area contributed by atoms with Gasteiger partial charge in [-0.3, -0.25) is 0 Å². The van der Waals surface area contributed by atoms with Crippen LogP contribution in [0.3, 0.4) is 0 Å². The van der Waals surface area contributed by atoms with E-state index in [0.29, 0.717) is 16.9 Å². The Morgan fingerprint density at radius 3 is 1.43 bits per heavy atom. The minimum atomic E-state index is -0.0722. The Morgan fingerprint density at radius 1 is 0.426 bits per heavy atom. The number of rotatable bonds is 4. The van der Waals surface area contributed by atoms with Gasteiger partial charge in [-0.25, -0.2) is 9.97 Å². The van der Waals surface area contributed by atoms with E-state index in [0.717, 1.165) is 61.6 Å². The molecule has 5 heterocycles. The van der Waals surface area contributed by atoms with Crippen molar-refractivity contribution in [2.45, 2.75) is 105 Å². The first-order chi connectivity index (χ1) is 28.2. The van der Waals surface area contributed by atoms with Crippen molar-refractivity contribution in [2.24, 2.45) is 10.2 Å². The van der Waals surface area contributed by atoms with Crippen LogP contribution in [0.5, 0.6) is 0 Å². The standard InChI is InChI=1S/C54H56N6.Zn/c1-51(2,3)35-26-33(27-36(30-35)52(4,5)6)48-42-20-18-40(55-42)32-41-19-21-43(56-41)49(34-28-37(53(7,8)9)31-38(29-34)54(10,11)12)45-23-25-47(58-45)50(46-24-22-44(48)57-46)60-59-39-16-14-13-15-17-39;/h13-32H,1-12H3;/q-2;+2. The summed E-state index contributed by atoms with van der Waals surface area (Å²) in [5.41, 5.74) is 16.5. The molecule has 0 aliphatic carbocycles. The van der Waals surface area contributed by atoms with Crippen LogP contribution in [-0.2, 0) is 41.1 Å². The fourth-order valence-corrected chi connectivity index (χ4v) is 7.58. The van der Waals surface area contributed by atoms with Crippen LogP contribution in [0.25, 0.3) is 68.6 Å². The summed E-state index contributed by atoms with van der Waals surface area (Å²) in [6.45, 7) is 27.2. The Kier molecular flexibility index (Phi) is 11.5. The first kappa shape index (κ1) is 43.6. The number of hydrogen-bond donors (Lipinski definition) is 0. The molecule has 0 N–H and O–H groups in total. The van der Waals surface area contributed by atoms with E-state index in [2.05, 4.69) is 162 Å². The van der Waals surface area contributed by atoms with Gasteiger partial charge >= 0.3 is 19.5 Å². The molecule has 6 aromatic rings. The zero-order valence-corrected chi connectivity index (χ0v) is 40.9. The zero-order valence-electron chi connectivity index (χ0n) is 37.9. The van der Waals surface area contributed by atoms with Gasteiger partial charge in [0.15, 0.2) is 0 Å². The quantitative estimate of drug-likeness (QED) is 0.130. The minimum Gasteiger partial charge on any atom is -0.657 e. The van der Waals surface area contributed by atoms with E-state index in [1.807, 2.05) is 42.5 Å². The van der Waals surface area contributed by atoms with Crippen LogP contribution in [0.4, 0.5) is 11.4 Å². The average Bonchev–Trinajstić information content (AvgIpc) is 4.01. The van der Waals surface area contributed by atoms with Crippen LogP contribution in [0.15, 0.2) is 107 Å². The second kappa shape index (κ2) is 16.1. The van der Waals surface area contributed by atoms with Crippen molar-refractivity contribution in [3.05, 3.63) is 142 Å². The molecule has 0 saturated carbocycles. The van der Waals surface area contributed by atoms with Gasteiger partial charge in [-0.05, 0) is 103 Å². The monoisotopic (exact) mass is 852 g/mol. The fourth-order valence-electron chi connectivity index (χ4n) is 7.58. The van der Waals surface area contributed by atoms with Gasteiger partial charge in [-0.15, -0.1) is 27.2 Å². The molecule has 61 heavy (non-hydrogen) atoms. The molecule has 0 amide bonds. The van der Waals surface area contributed by atoms with E-state index in [-0.39, 0.29) is 41.1 Å². The fraction of sp³-hybridized carbons (Fsp3) is 0.296. The molecule has 0 unspecified atom stereocenters. The summed E-state index contributed by atoms with van der Waals surface area (Å²) < 4.78 is 0. The molecule has 2 aliphatic rings. The van der Waals surface area contributed by atoms with E-state index < -0.39 is 0 Å². The molecule has 8 rings (SSSR count). The maximum atomic E-state index is 5.37. The SMILES string of the molecule is CC(C)(C)c1cc(-c2c3nc(c(N=Nc4ccccc4)c4ccc([n-]4)c(-c4cc(C(C)(C)C)cc(C(C)(C)C)c4)c4nc(cc5ccc2[n-]5)C=C4)C=C3)cc(C(C)(C)C)c1.[Zn+2]. The Bertz CT molecular complexity index is 2760. The normalized spacial score (nSPS) is 13.2. The van der Waals surface area contributed by atoms with E-state index in [9.17, 15) is 0 Å². The Balaban J connectivity index is 0.00000561. The Morgan fingerprint density at radius 2 is 0.885 bits per heavy atom. The van der Waals surface area contributed by atoms with E-state index in [1.165, 1.54) is 22.3 Å². The van der Waals surface area contributed by atoms with Crippen LogP contribution in [0, 0.1) is 0 Å². The van der Waals surface area contributed by atoms with Crippen molar-refractivity contribution in [1.29, 1.82) is 0 Å². The smallest absolute Gasteiger partial charge is 0.657 e. The summed E-state index contributed by atoms with van der Waals surface area (Å²) >= 11 is 0. The molecular formula is C54H56N6Zn. The van der Waals surface area contributed by atoms with Gasteiger partial charge in [0, 0.05) is 0 Å². The maximum absolute atomic E-state index is 5.37. The van der Waals surface area contributed by atoms with Crippen molar-refractivity contribution >= 4 is 57.7 Å². The van der Waals surface area contributed by atoms with Gasteiger partial charge in [0.2, 0.25) is 0 Å². The summed E-state index contributed by atoms with van der Waals surface area (Å²) in [5.74, 6) is 0. The number of fused-ring (bicyclic) bond motifs is 8. The number of hydrogen-bond acceptors (Lipinski definition) is 4. The van der Waals surface area contributed by atoms with Crippen molar-refractivity contribution in [1.82, 2.24) is 19.9 Å². The molecule has 6 nitrogen and oxygen atoms in total. The van der Waals surface area contributed by atoms with Crippen molar-refractivity contribution in [3.63, 3.8) is 0 Å². The van der Waals surface area contributed by atoms with Crippen LogP contribution in [0.2, 0.25) is 0 Å². The van der Waals surface area contributed by atoms with Crippen LogP contribution < -0.4 is 9.97 Å². The summed E-state index contributed by atoms with van der Waals surface area (Å²) in [6.07, 6.45) is 8.30. The molecule has 0 saturated heterocycles. The molecule has 0 atom stereocenters. The summed E-state index contributed by atoms with van der Waals surface area (Å²) in [6, 6.07) is 34.1. The van der Waals surface area contributed by atoms with Gasteiger partial charge in [0.1, 0.15) is 0 Å². The van der Waals surface area contributed by atoms with E-state index >= 15 is 0 Å². The number of azo groups is 1. The minimum absolute atomic E-state index is 0. The van der Waals surface area contributed by atoms with Crippen LogP contribution in [0.1, 0.15) is 128 Å². The van der Waals surface area contributed by atoms with Crippen LogP contribution in [-0.4, -0.2) is 9.97 Å². The predicted octanol–water partition coefficient (Wildman–Crippen LogP) is 14.9. The third kappa shape index (κ3) is 9.23. The molecular weight excluding hydrogens is 798 g/mol. The van der Waals surface area contributed by atoms with Gasteiger partial charge in [-0.2, -0.15) is 5.11 Å². The summed E-state index contributed by atoms with van der Waals surface area (Å²) in [7, 11) is 0. The van der Waals surface area contributed by atoms with Gasteiger partial charge in [0.05, 0.1) is 34.2 Å². The summed E-state index contributed by atoms with van der Waals surface area (Å²) in [4.78, 5) is 21.3. The molecule has 3 aromatic heterocycles. The average molecular weight is 854 g/mol. The van der Waals surface area contributed by atoms with Gasteiger partial charge in [-0.1, -0.05) is 168 Å². The predicted molar refractivity (Wildman–Crippen MR) is 253 cm³/mol. The summed E-state index contributed by atoms with van der Waals surface area (Å²) in [5, 5.41) is 9.64. The second-order valence-electron chi connectivity index (χ2n) is 20.3. The van der Waals surface area contributed by atoms with Crippen LogP contribution >= 0.6 is 0 Å². The Labute approximate surface area is 374 Å². The van der Waals surface area contributed by atoms with Gasteiger partial charge in [0.25, 0.3) is 0 Å². The second-order valence-corrected chi connectivity index (χ2v) is 20.3. The third-order valence-corrected chi connectivity index (χ3v) is 11.3. The topological polar surface area (TPSA) is 78.7 Å². The van der Waals surface area contributed by atoms with E-state index in [1.54, 1.807) is 0 Å². The van der Waals surface area contributed by atoms with Crippen molar-refractivity contribution in [3.8, 4) is 22.3 Å². The molecule has 0 spiro atoms. The van der Waals surface area contributed by atoms with Crippen molar-refractivity contribution in [2.75, 3.05) is 0 Å². The molecule has 8 bridgehead atoms. The molecule has 304 valence electrons. The Hall–Kier alpha value is -5.52. The van der Waals surface area contributed by atoms with Crippen molar-refractivity contribution < 1.29 is 19.5 Å². The molecule has 3 aromatic carbocycles. The maximum Gasteiger partial charge on any atom is 2.00 e. The first-order valence-electron chi connectivity index (χ1n) is 21.0. The largest absolute Gasteiger partial charge is 2.00 e. The third-order valence-electron chi connectivity index (χ3n) is 11.3. The van der Waals surface area contributed by atoms with E-state index in [4.69, 9.17) is 30.2 Å². The number of nitrogens with zero attached hydrogens (tertiary/aromatic N) is 6. The number of aromatic nitrogens is 4. The molecule has 0 fully saturated rings. The zero-order chi connectivity index (χ0) is 42.8. The number of benzene rings is 3. The molecule has 2 aliphatic heterocycles. The van der Waals surface area contributed by atoms with Gasteiger partial charge < -0.3 is 9.97 Å². The first-order valence-corrected chi connectivity index (χ1v) is 21.0. The molecule has 7 heteroatoms. The molecule has 0 radical (unpaired) electrons.